The second-order valence-electron chi connectivity index (χ2n) is 30.1. The third-order valence-corrected chi connectivity index (χ3v) is 21.9. The second kappa shape index (κ2) is 38.2. The molecule has 0 unspecified atom stereocenters. The van der Waals surface area contributed by atoms with Crippen LogP contribution in [0.1, 0.15) is 82.8 Å². The Bertz CT molecular complexity index is 5470. The second-order valence-corrected chi connectivity index (χ2v) is 30.1. The summed E-state index contributed by atoms with van der Waals surface area (Å²) in [5, 5.41) is 37.3. The number of nitrogens with two attached hydrogens (primary N) is 1. The lowest BCUT2D eigenvalue weighted by Gasteiger charge is -2.21. The zero-order valence-corrected chi connectivity index (χ0v) is 66.4. The number of nitrogens with one attached hydrogen (secondary N) is 4. The summed E-state index contributed by atoms with van der Waals surface area (Å²) in [6.45, 7) is 6.72. The van der Waals surface area contributed by atoms with Crippen molar-refractivity contribution in [2.24, 2.45) is 51.1 Å². The number of benzene rings is 7. The van der Waals surface area contributed by atoms with Crippen molar-refractivity contribution >= 4 is 69.2 Å². The standard InChI is InChI=1S/C28H25FN4O4.C25H26FN3O4.C20H21NO5.C17H19NO5/c1-16-4-6-23-20(9-16)19(11-24(32-23)18-3-2-8-31-14-18)15-37-25-7-5-17(10-22(25)29)12-28(27(30)35)13-21(28)26(34)33-36;1-15-10-17(18-6-4-5-7-21(18)27-15)14-33-22-9-8-16(11-20(22)26)12-25(24(31)29(2)3)13-19(25)23(30)28-32;1-25-19(23)20(12-17(20)18(22)21-24)11-14-7-9-16(10-8-14)26-13-15-5-3-2-4-6-15;1-3-4-9-23-13-7-5-12(6-8-13)10-17(16(20)22-2)11-14(17)15(19)18-21/h2-11,14,21,36H,12-13,15H2,1H3,(H2,30,35)(H,33,34);4-11,19,32H,12-14H2,1-3H3,(H,28,30);2-10,17,24H,11-13H2,1H3,(H,21,22);5-8,14,21H,9-11H2,1-2H3,(H,18,19)/t21-,28+;19-,25+;17-,20+;14-,17+/m1111/s1. The first-order chi connectivity index (χ1) is 57.2. The minimum atomic E-state index is -1.14. The summed E-state index contributed by atoms with van der Waals surface area (Å²) in [4.78, 5) is 111. The summed E-state index contributed by atoms with van der Waals surface area (Å²) in [6, 6.07) is 54.8. The molecule has 3 heterocycles. The largest absolute Gasteiger partial charge is 0.489 e. The average Bonchev–Trinajstić information content (AvgIpc) is 1.58. The highest BCUT2D eigenvalue weighted by Gasteiger charge is 2.66. The van der Waals surface area contributed by atoms with E-state index in [1.54, 1.807) is 79.6 Å². The van der Waals surface area contributed by atoms with Crippen molar-refractivity contribution in [1.82, 2.24) is 41.8 Å². The van der Waals surface area contributed by atoms with Crippen LogP contribution in [-0.4, -0.2) is 123 Å². The first kappa shape index (κ1) is 86.6. The molecule has 29 heteroatoms. The molecule has 3 aromatic heterocycles. The number of hydrogen-bond acceptors (Lipinski definition) is 21. The molecule has 10 N–H and O–H groups in total. The number of fused-ring (bicyclic) bond motifs is 2. The van der Waals surface area contributed by atoms with Gasteiger partial charge in [0.25, 0.3) is 0 Å². The molecule has 0 bridgehead atoms. The number of aromatic nitrogens is 3. The Kier molecular flexibility index (Phi) is 27.8. The van der Waals surface area contributed by atoms with Crippen molar-refractivity contribution in [1.29, 1.82) is 0 Å². The Morgan fingerprint density at radius 2 is 0.966 bits per heavy atom. The molecular formula is C90H91F2N9O18. The molecule has 8 atom stereocenters. The van der Waals surface area contributed by atoms with Gasteiger partial charge in [0.1, 0.15) is 37.9 Å². The first-order valence-electron chi connectivity index (χ1n) is 38.0. The van der Waals surface area contributed by atoms with E-state index >= 15 is 4.39 Å². The molecule has 0 spiro atoms. The number of carbonyl (C=O) groups excluding carboxylic acids is 8. The van der Waals surface area contributed by atoms with Crippen LogP contribution < -0.4 is 46.6 Å². The predicted octanol–water partition coefficient (Wildman–Crippen LogP) is 11.1. The summed E-state index contributed by atoms with van der Waals surface area (Å²) in [5.74, 6) is -0.728. The molecule has 27 nitrogen and oxygen atoms in total. The number of ether oxygens (including phenoxy) is 6. The number of carbonyl (C=O) groups is 8. The smallest absolute Gasteiger partial charge is 0.312 e. The van der Waals surface area contributed by atoms with Crippen molar-refractivity contribution in [2.75, 3.05) is 34.9 Å². The van der Waals surface area contributed by atoms with Crippen LogP contribution >= 0.6 is 0 Å². The third kappa shape index (κ3) is 20.4. The van der Waals surface area contributed by atoms with E-state index in [0.717, 1.165) is 77.9 Å². The highest BCUT2D eigenvalue weighted by molar-refractivity contribution is 5.97. The van der Waals surface area contributed by atoms with Crippen LogP contribution in [0.25, 0.3) is 33.1 Å². The van der Waals surface area contributed by atoms with Gasteiger partial charge < -0.3 is 39.1 Å². The quantitative estimate of drug-likeness (QED) is 0.00952. The van der Waals surface area contributed by atoms with Gasteiger partial charge in [-0.25, -0.2) is 35.7 Å². The molecule has 7 aromatic carbocycles. The number of amides is 6. The van der Waals surface area contributed by atoms with Gasteiger partial charge in [0, 0.05) is 59.6 Å². The highest BCUT2D eigenvalue weighted by Crippen LogP contribution is 2.59. The van der Waals surface area contributed by atoms with Gasteiger partial charge in [-0.05, 0) is 191 Å². The van der Waals surface area contributed by atoms with Gasteiger partial charge in [0.2, 0.25) is 35.4 Å². The number of primary amides is 1. The first-order valence-corrected chi connectivity index (χ1v) is 38.0. The van der Waals surface area contributed by atoms with Crippen LogP contribution in [0.15, 0.2) is 194 Å². The van der Waals surface area contributed by atoms with Gasteiger partial charge in [0.05, 0.1) is 76.3 Å². The van der Waals surface area contributed by atoms with Crippen LogP contribution in [0.5, 0.6) is 23.0 Å². The van der Waals surface area contributed by atoms with Crippen LogP contribution in [0.2, 0.25) is 0 Å². The summed E-state index contributed by atoms with van der Waals surface area (Å²) >= 11 is 0. The topological polar surface area (TPSA) is 389 Å². The molecule has 6 amide bonds. The monoisotopic (exact) mass is 1620 g/mol. The summed E-state index contributed by atoms with van der Waals surface area (Å²) in [5.41, 5.74) is 18.9. The minimum absolute atomic E-state index is 0.0536. The summed E-state index contributed by atoms with van der Waals surface area (Å²) in [6.07, 6.45) is 5.65. The average molecular weight is 1620 g/mol. The zero-order valence-electron chi connectivity index (χ0n) is 66.4. The van der Waals surface area contributed by atoms with E-state index in [-0.39, 0.29) is 49.9 Å². The highest BCUT2D eigenvalue weighted by atomic mass is 19.1. The number of hydroxylamine groups is 4. The molecule has 4 aliphatic rings. The normalized spacial score (nSPS) is 19.8. The molecule has 0 aliphatic heterocycles. The fourth-order valence-corrected chi connectivity index (χ4v) is 15.2. The van der Waals surface area contributed by atoms with Gasteiger partial charge in [0.15, 0.2) is 23.1 Å². The van der Waals surface area contributed by atoms with Gasteiger partial charge in [-0.3, -0.25) is 69.2 Å². The number of hydrogen-bond donors (Lipinski definition) is 9. The molecule has 4 saturated carbocycles. The Morgan fingerprint density at radius 3 is 1.47 bits per heavy atom. The van der Waals surface area contributed by atoms with Crippen molar-refractivity contribution in [3.8, 4) is 46.1 Å². The van der Waals surface area contributed by atoms with Gasteiger partial charge >= 0.3 is 11.9 Å². The maximum atomic E-state index is 15.0. The van der Waals surface area contributed by atoms with Crippen molar-refractivity contribution < 1.29 is 96.4 Å². The Labute approximate surface area is 684 Å². The number of halogens is 2. The number of pyridine rings is 3. The lowest BCUT2D eigenvalue weighted by molar-refractivity contribution is -0.150. The number of aryl methyl sites for hydroxylation is 2. The Morgan fingerprint density at radius 1 is 0.496 bits per heavy atom. The SMILES string of the molecule is CC#CCOc1ccc(C[C@]2(C(=O)OC)C[C@@H]2C(=O)NO)cc1.COC(=O)[C@@]1(Cc2ccc(OCc3ccccc3)cc2)C[C@@H]1C(=O)NO.Cc1cc(COc2ccc(C[C@]3(C(=O)N(C)C)C[C@@H]3C(=O)NO)cc2F)c2ccccc2n1.Cc1ccc2nc(-c3cccnc3)cc(COc3ccc(C[C@]4(C(N)=O)C[C@@H]4C(=O)NO)cc3F)c2c1. The number of rotatable bonds is 28. The van der Waals surface area contributed by atoms with Crippen molar-refractivity contribution in [3.05, 3.63) is 256 Å². The lowest BCUT2D eigenvalue weighted by Crippen LogP contribution is -2.36. The van der Waals surface area contributed by atoms with Crippen LogP contribution in [0, 0.1) is 82.7 Å². The van der Waals surface area contributed by atoms with Crippen molar-refractivity contribution in [2.45, 2.75) is 92.0 Å². The summed E-state index contributed by atoms with van der Waals surface area (Å²) in [7, 11) is 5.82. The number of esters is 2. The molecule has 0 saturated heterocycles. The zero-order chi connectivity index (χ0) is 85.3. The van der Waals surface area contributed by atoms with E-state index in [4.69, 9.17) is 60.0 Å². The minimum Gasteiger partial charge on any atom is -0.489 e. The van der Waals surface area contributed by atoms with Crippen LogP contribution in [-0.2, 0) is 93.3 Å². The van der Waals surface area contributed by atoms with Crippen LogP contribution in [0.4, 0.5) is 8.78 Å². The van der Waals surface area contributed by atoms with Gasteiger partial charge in [-0.1, -0.05) is 102 Å². The molecule has 0 radical (unpaired) electrons. The maximum absolute atomic E-state index is 15.0. The maximum Gasteiger partial charge on any atom is 0.312 e. The number of nitrogens with zero attached hydrogens (tertiary/aromatic N) is 4. The lowest BCUT2D eigenvalue weighted by atomic mass is 9.92. The number of methoxy groups -OCH3 is 2. The fraction of sp³-hybridized carbons (Fsp3) is 0.300. The van der Waals surface area contributed by atoms with E-state index in [1.165, 1.54) is 43.4 Å². The van der Waals surface area contributed by atoms with Gasteiger partial charge in [-0.15, -0.1) is 5.92 Å². The molecule has 14 rings (SSSR count). The van der Waals surface area contributed by atoms with Crippen LogP contribution in [0.3, 0.4) is 0 Å². The molecule has 618 valence electrons. The van der Waals surface area contributed by atoms with E-state index in [1.807, 2.05) is 147 Å². The Hall–Kier alpha value is -13.3. The predicted molar refractivity (Wildman–Crippen MR) is 429 cm³/mol. The molecule has 4 aliphatic carbocycles. The van der Waals surface area contributed by atoms with E-state index < -0.39 is 98.4 Å². The molecular weight excluding hydrogens is 1530 g/mol. The fourth-order valence-electron chi connectivity index (χ4n) is 15.2. The molecule has 10 aromatic rings. The van der Waals surface area contributed by atoms with Gasteiger partial charge in [-0.2, -0.15) is 0 Å². The molecule has 119 heavy (non-hydrogen) atoms. The van der Waals surface area contributed by atoms with Crippen molar-refractivity contribution in [3.63, 3.8) is 0 Å². The number of para-hydroxylation sites is 1. The van der Waals surface area contributed by atoms with E-state index in [9.17, 15) is 42.7 Å². The van der Waals surface area contributed by atoms with E-state index in [2.05, 4.69) is 21.8 Å². The summed E-state index contributed by atoms with van der Waals surface area (Å²) < 4.78 is 62.4. The van der Waals surface area contributed by atoms with E-state index in [0.29, 0.717) is 62.2 Å². The third-order valence-electron chi connectivity index (χ3n) is 21.9. The molecule has 4 fully saturated rings. The Balaban J connectivity index is 0.000000158.